The summed E-state index contributed by atoms with van der Waals surface area (Å²) in [6, 6.07) is 10.5. The summed E-state index contributed by atoms with van der Waals surface area (Å²) in [7, 11) is -3.68. The van der Waals surface area contributed by atoms with Gasteiger partial charge in [0.25, 0.3) is 10.0 Å². The number of benzene rings is 2. The van der Waals surface area contributed by atoms with E-state index in [9.17, 15) is 12.8 Å². The maximum Gasteiger partial charge on any atom is 0.261 e. The van der Waals surface area contributed by atoms with E-state index in [2.05, 4.69) is 27.6 Å². The minimum absolute atomic E-state index is 0.179. The van der Waals surface area contributed by atoms with Gasteiger partial charge < -0.3 is 0 Å². The average Bonchev–Trinajstić information content (AvgIpc) is 2.43. The normalized spacial score (nSPS) is 11.4. The van der Waals surface area contributed by atoms with E-state index in [4.69, 9.17) is 0 Å². The van der Waals surface area contributed by atoms with Gasteiger partial charge in [0.15, 0.2) is 0 Å². The molecule has 0 atom stereocenters. The molecule has 0 aliphatic heterocycles. The Hall–Kier alpha value is -1.40. The van der Waals surface area contributed by atoms with Crippen LogP contribution in [0.2, 0.25) is 0 Å². The Kier molecular flexibility index (Phi) is 5.00. The number of hydrogen-bond donors (Lipinski definition) is 1. The van der Waals surface area contributed by atoms with E-state index in [0.29, 0.717) is 10.2 Å². The second-order valence-electron chi connectivity index (χ2n) is 4.62. The molecule has 0 bridgehead atoms. The third-order valence-electron chi connectivity index (χ3n) is 2.95. The summed E-state index contributed by atoms with van der Waals surface area (Å²) in [5, 5.41) is 0. The molecule has 0 radical (unpaired) electrons. The number of nitrogens with one attached hydrogen (secondary N) is 1. The van der Waals surface area contributed by atoms with Crippen molar-refractivity contribution in [2.24, 2.45) is 0 Å². The lowest BCUT2D eigenvalue weighted by molar-refractivity contribution is 0.601. The highest BCUT2D eigenvalue weighted by Crippen LogP contribution is 2.26. The fourth-order valence-electron chi connectivity index (χ4n) is 1.90. The van der Waals surface area contributed by atoms with Gasteiger partial charge in [-0.25, -0.2) is 12.8 Å². The first kappa shape index (κ1) is 16.0. The minimum Gasteiger partial charge on any atom is -0.278 e. The molecule has 21 heavy (non-hydrogen) atoms. The predicted molar refractivity (Wildman–Crippen MR) is 85.3 cm³/mol. The van der Waals surface area contributed by atoms with Gasteiger partial charge in [-0.05, 0) is 58.2 Å². The lowest BCUT2D eigenvalue weighted by Gasteiger charge is -2.10. The molecule has 0 spiro atoms. The van der Waals surface area contributed by atoms with Crippen molar-refractivity contribution >= 4 is 31.6 Å². The number of anilines is 1. The first-order valence-electron chi connectivity index (χ1n) is 6.49. The summed E-state index contributed by atoms with van der Waals surface area (Å²) in [5.41, 5.74) is 1.40. The van der Waals surface area contributed by atoms with Crippen LogP contribution in [0.5, 0.6) is 0 Å². The van der Waals surface area contributed by atoms with Gasteiger partial charge in [0.05, 0.1) is 10.6 Å². The molecule has 2 rings (SSSR count). The van der Waals surface area contributed by atoms with Crippen molar-refractivity contribution in [2.75, 3.05) is 4.72 Å². The summed E-state index contributed by atoms with van der Waals surface area (Å²) in [4.78, 5) is 0.179. The van der Waals surface area contributed by atoms with Crippen LogP contribution in [0.25, 0.3) is 0 Å². The number of hydrogen-bond acceptors (Lipinski definition) is 2. The fraction of sp³-hybridized carbons (Fsp3) is 0.200. The van der Waals surface area contributed by atoms with Crippen LogP contribution in [0.15, 0.2) is 51.8 Å². The Morgan fingerprint density at radius 2 is 1.81 bits per heavy atom. The van der Waals surface area contributed by atoms with E-state index >= 15 is 0 Å². The van der Waals surface area contributed by atoms with Crippen molar-refractivity contribution in [1.29, 1.82) is 0 Å². The van der Waals surface area contributed by atoms with Crippen molar-refractivity contribution in [1.82, 2.24) is 0 Å². The molecule has 1 N–H and O–H groups in total. The molecule has 0 heterocycles. The number of aryl methyl sites for hydroxylation is 1. The Bertz CT molecular complexity index is 730. The van der Waals surface area contributed by atoms with Crippen LogP contribution >= 0.6 is 15.9 Å². The molecule has 0 aromatic heterocycles. The highest BCUT2D eigenvalue weighted by molar-refractivity contribution is 9.10. The molecule has 0 amide bonds. The molecule has 0 saturated heterocycles. The molecular formula is C15H15BrFNO2S. The number of sulfonamides is 1. The molecule has 0 fully saturated rings. The lowest BCUT2D eigenvalue weighted by Crippen LogP contribution is -2.13. The predicted octanol–water partition coefficient (Wildman–Crippen LogP) is 4.34. The molecule has 3 nitrogen and oxygen atoms in total. The quantitative estimate of drug-likeness (QED) is 0.849. The summed E-state index contributed by atoms with van der Waals surface area (Å²) < 4.78 is 40.4. The SMILES string of the molecule is CCCc1ccc(S(=O)(=O)Nc2ccc(F)cc2Br)cc1. The number of halogens is 2. The molecule has 0 unspecified atom stereocenters. The van der Waals surface area contributed by atoms with Gasteiger partial charge in [-0.15, -0.1) is 0 Å². The first-order valence-corrected chi connectivity index (χ1v) is 8.77. The molecule has 2 aromatic carbocycles. The van der Waals surface area contributed by atoms with E-state index in [1.165, 1.54) is 18.2 Å². The minimum atomic E-state index is -3.68. The zero-order valence-electron chi connectivity index (χ0n) is 11.4. The van der Waals surface area contributed by atoms with Gasteiger partial charge in [0, 0.05) is 4.47 Å². The molecule has 0 saturated carbocycles. The van der Waals surface area contributed by atoms with Gasteiger partial charge >= 0.3 is 0 Å². The summed E-state index contributed by atoms with van der Waals surface area (Å²) >= 11 is 3.14. The Morgan fingerprint density at radius 1 is 1.14 bits per heavy atom. The van der Waals surface area contributed by atoms with E-state index < -0.39 is 15.8 Å². The van der Waals surface area contributed by atoms with Gasteiger partial charge in [-0.3, -0.25) is 4.72 Å². The van der Waals surface area contributed by atoms with Crippen molar-refractivity contribution in [3.05, 3.63) is 58.3 Å². The fourth-order valence-corrected chi connectivity index (χ4v) is 3.56. The zero-order valence-corrected chi connectivity index (χ0v) is 13.8. The monoisotopic (exact) mass is 371 g/mol. The summed E-state index contributed by atoms with van der Waals surface area (Å²) in [5.74, 6) is -0.436. The van der Waals surface area contributed by atoms with Crippen LogP contribution in [0, 0.1) is 5.82 Å². The Labute approximate surface area is 132 Å². The van der Waals surface area contributed by atoms with E-state index in [1.807, 2.05) is 0 Å². The Balaban J connectivity index is 2.25. The molecule has 0 aliphatic rings. The highest BCUT2D eigenvalue weighted by Gasteiger charge is 2.15. The van der Waals surface area contributed by atoms with E-state index in [1.54, 1.807) is 24.3 Å². The van der Waals surface area contributed by atoms with Crippen molar-refractivity contribution in [3.63, 3.8) is 0 Å². The standard InChI is InChI=1S/C15H15BrFNO2S/c1-2-3-11-4-7-13(8-5-11)21(19,20)18-15-9-6-12(17)10-14(15)16/h4-10,18H,2-3H2,1H3. The van der Waals surface area contributed by atoms with Crippen LogP contribution in [0.1, 0.15) is 18.9 Å². The molecule has 2 aromatic rings. The molecule has 6 heteroatoms. The second-order valence-corrected chi connectivity index (χ2v) is 7.16. The van der Waals surface area contributed by atoms with E-state index in [0.717, 1.165) is 18.4 Å². The smallest absolute Gasteiger partial charge is 0.261 e. The van der Waals surface area contributed by atoms with Gasteiger partial charge in [-0.2, -0.15) is 0 Å². The van der Waals surface area contributed by atoms with E-state index in [-0.39, 0.29) is 4.90 Å². The van der Waals surface area contributed by atoms with Crippen LogP contribution in [-0.4, -0.2) is 8.42 Å². The molecular weight excluding hydrogens is 357 g/mol. The Morgan fingerprint density at radius 3 is 2.38 bits per heavy atom. The van der Waals surface area contributed by atoms with Crippen LogP contribution in [-0.2, 0) is 16.4 Å². The summed E-state index contributed by atoms with van der Waals surface area (Å²) in [6.45, 7) is 2.07. The first-order chi connectivity index (χ1) is 9.92. The van der Waals surface area contributed by atoms with Gasteiger partial charge in [-0.1, -0.05) is 25.5 Å². The molecule has 0 aliphatic carbocycles. The number of rotatable bonds is 5. The largest absolute Gasteiger partial charge is 0.278 e. The van der Waals surface area contributed by atoms with Crippen LogP contribution < -0.4 is 4.72 Å². The zero-order chi connectivity index (χ0) is 15.5. The highest BCUT2D eigenvalue weighted by atomic mass is 79.9. The van der Waals surface area contributed by atoms with Crippen LogP contribution in [0.3, 0.4) is 0 Å². The summed E-state index contributed by atoms with van der Waals surface area (Å²) in [6.07, 6.45) is 1.92. The lowest BCUT2D eigenvalue weighted by atomic mass is 10.1. The van der Waals surface area contributed by atoms with Gasteiger partial charge in [0.2, 0.25) is 0 Å². The topological polar surface area (TPSA) is 46.2 Å². The third kappa shape index (κ3) is 4.04. The maximum absolute atomic E-state index is 13.0. The van der Waals surface area contributed by atoms with Crippen molar-refractivity contribution in [3.8, 4) is 0 Å². The second kappa shape index (κ2) is 6.58. The third-order valence-corrected chi connectivity index (χ3v) is 4.99. The van der Waals surface area contributed by atoms with Gasteiger partial charge in [0.1, 0.15) is 5.82 Å². The average molecular weight is 372 g/mol. The van der Waals surface area contributed by atoms with Crippen molar-refractivity contribution in [2.45, 2.75) is 24.7 Å². The molecule has 112 valence electrons. The van der Waals surface area contributed by atoms with Crippen LogP contribution in [0.4, 0.5) is 10.1 Å². The maximum atomic E-state index is 13.0. The van der Waals surface area contributed by atoms with Crippen molar-refractivity contribution < 1.29 is 12.8 Å².